The van der Waals surface area contributed by atoms with Crippen molar-refractivity contribution in [3.63, 3.8) is 0 Å². The normalized spacial score (nSPS) is 10.7. The maximum absolute atomic E-state index is 12.6. The van der Waals surface area contributed by atoms with Gasteiger partial charge in [0.05, 0.1) is 5.69 Å². The van der Waals surface area contributed by atoms with Gasteiger partial charge in [-0.05, 0) is 47.9 Å². The van der Waals surface area contributed by atoms with Crippen LogP contribution in [0.2, 0.25) is 5.02 Å². The number of likely N-dealkylation sites (N-methyl/N-ethyl adjacent to an activating group) is 1. The van der Waals surface area contributed by atoms with E-state index < -0.39 is 0 Å². The van der Waals surface area contributed by atoms with E-state index in [1.54, 1.807) is 29.0 Å². The van der Waals surface area contributed by atoms with Gasteiger partial charge < -0.3 is 4.90 Å². The monoisotopic (exact) mass is 354 g/mol. The molecule has 5 nitrogen and oxygen atoms in total. The molecule has 1 amide bonds. The molecule has 2 heterocycles. The van der Waals surface area contributed by atoms with E-state index in [0.29, 0.717) is 17.3 Å². The minimum atomic E-state index is -0.0927. The van der Waals surface area contributed by atoms with Crippen molar-refractivity contribution in [2.75, 3.05) is 13.6 Å². The van der Waals surface area contributed by atoms with Gasteiger partial charge in [0.1, 0.15) is 0 Å². The number of hydrogen-bond acceptors (Lipinski definition) is 3. The zero-order chi connectivity index (χ0) is 17.8. The fourth-order valence-electron chi connectivity index (χ4n) is 2.61. The van der Waals surface area contributed by atoms with Crippen LogP contribution in [0.5, 0.6) is 0 Å². The number of aryl methyl sites for hydroxylation is 1. The van der Waals surface area contributed by atoms with Crippen LogP contribution in [-0.4, -0.2) is 39.2 Å². The van der Waals surface area contributed by atoms with Gasteiger partial charge in [0.2, 0.25) is 0 Å². The molecule has 0 N–H and O–H groups in total. The first-order chi connectivity index (χ1) is 12.0. The highest BCUT2D eigenvalue weighted by Crippen LogP contribution is 2.22. The number of hydrogen-bond donors (Lipinski definition) is 0. The Balaban J connectivity index is 1.72. The summed E-state index contributed by atoms with van der Waals surface area (Å²) in [6, 6.07) is 13.2. The molecule has 6 heteroatoms. The fourth-order valence-corrected chi connectivity index (χ4v) is 2.73. The van der Waals surface area contributed by atoms with Crippen molar-refractivity contribution in [1.82, 2.24) is 19.7 Å². The van der Waals surface area contributed by atoms with Crippen LogP contribution in [0, 0.1) is 0 Å². The molecule has 2 aromatic heterocycles. The second-order valence-corrected chi connectivity index (χ2v) is 6.31. The number of nitrogens with zero attached hydrogens (tertiary/aromatic N) is 4. The van der Waals surface area contributed by atoms with E-state index in [-0.39, 0.29) is 5.91 Å². The van der Waals surface area contributed by atoms with E-state index in [4.69, 9.17) is 11.6 Å². The summed E-state index contributed by atoms with van der Waals surface area (Å²) < 4.78 is 1.72. The average Bonchev–Trinajstić information content (AvgIpc) is 3.02. The Morgan fingerprint density at radius 3 is 2.52 bits per heavy atom. The minimum absolute atomic E-state index is 0.0927. The molecule has 0 saturated carbocycles. The van der Waals surface area contributed by atoms with Gasteiger partial charge in [0.15, 0.2) is 5.69 Å². The molecule has 1 aromatic carbocycles. The lowest BCUT2D eigenvalue weighted by atomic mass is 10.1. The maximum Gasteiger partial charge on any atom is 0.274 e. The van der Waals surface area contributed by atoms with Crippen molar-refractivity contribution in [3.05, 3.63) is 71.1 Å². The Morgan fingerprint density at radius 1 is 1.16 bits per heavy atom. The number of aromatic nitrogens is 3. The topological polar surface area (TPSA) is 51.0 Å². The molecule has 0 spiro atoms. The zero-order valence-electron chi connectivity index (χ0n) is 14.2. The van der Waals surface area contributed by atoms with Crippen molar-refractivity contribution in [1.29, 1.82) is 0 Å². The van der Waals surface area contributed by atoms with E-state index in [1.165, 1.54) is 0 Å². The molecule has 0 aliphatic carbocycles. The molecular weight excluding hydrogens is 336 g/mol. The van der Waals surface area contributed by atoms with E-state index in [2.05, 4.69) is 10.1 Å². The van der Waals surface area contributed by atoms with Gasteiger partial charge >= 0.3 is 0 Å². The molecule has 0 bridgehead atoms. The molecule has 128 valence electrons. The first kappa shape index (κ1) is 17.2. The highest BCUT2D eigenvalue weighted by atomic mass is 35.5. The predicted octanol–water partition coefficient (Wildman–Crippen LogP) is 3.45. The number of pyridine rings is 1. The van der Waals surface area contributed by atoms with Crippen LogP contribution in [-0.2, 0) is 13.5 Å². The van der Waals surface area contributed by atoms with Gasteiger partial charge in [-0.15, -0.1) is 0 Å². The zero-order valence-corrected chi connectivity index (χ0v) is 14.9. The molecule has 3 rings (SSSR count). The molecule has 0 radical (unpaired) electrons. The Hall–Kier alpha value is -2.66. The summed E-state index contributed by atoms with van der Waals surface area (Å²) in [6.07, 6.45) is 4.30. The SMILES string of the molecule is CN(CCc1ccncc1)C(=O)c1cc(-c2ccc(Cl)cc2)n(C)n1. The van der Waals surface area contributed by atoms with Crippen LogP contribution in [0.1, 0.15) is 16.1 Å². The highest BCUT2D eigenvalue weighted by Gasteiger charge is 2.17. The van der Waals surface area contributed by atoms with E-state index >= 15 is 0 Å². The lowest BCUT2D eigenvalue weighted by molar-refractivity contribution is 0.0790. The summed E-state index contributed by atoms with van der Waals surface area (Å²) in [6.45, 7) is 0.621. The molecule has 0 aliphatic rings. The first-order valence-corrected chi connectivity index (χ1v) is 8.37. The lowest BCUT2D eigenvalue weighted by Crippen LogP contribution is -2.29. The molecule has 25 heavy (non-hydrogen) atoms. The Kier molecular flexibility index (Phi) is 5.14. The number of benzene rings is 1. The standard InChI is InChI=1S/C19H19ClN4O/c1-23(12-9-14-7-10-21-11-8-14)19(25)17-13-18(24(2)22-17)15-3-5-16(20)6-4-15/h3-8,10-11,13H,9,12H2,1-2H3. The van der Waals surface area contributed by atoms with E-state index in [9.17, 15) is 4.79 Å². The van der Waals surface area contributed by atoms with Crippen LogP contribution in [0.25, 0.3) is 11.3 Å². The van der Waals surface area contributed by atoms with Gasteiger partial charge in [-0.2, -0.15) is 5.10 Å². The van der Waals surface area contributed by atoms with Crippen molar-refractivity contribution < 1.29 is 4.79 Å². The fraction of sp³-hybridized carbons (Fsp3) is 0.211. The molecular formula is C19H19ClN4O. The maximum atomic E-state index is 12.6. The quantitative estimate of drug-likeness (QED) is 0.705. The highest BCUT2D eigenvalue weighted by molar-refractivity contribution is 6.30. The van der Waals surface area contributed by atoms with Crippen molar-refractivity contribution >= 4 is 17.5 Å². The largest absolute Gasteiger partial charge is 0.340 e. The third-order valence-electron chi connectivity index (χ3n) is 4.07. The molecule has 0 unspecified atom stereocenters. The average molecular weight is 355 g/mol. The minimum Gasteiger partial charge on any atom is -0.340 e. The first-order valence-electron chi connectivity index (χ1n) is 7.99. The molecule has 0 atom stereocenters. The van der Waals surface area contributed by atoms with E-state index in [0.717, 1.165) is 23.2 Å². The number of amides is 1. The van der Waals surface area contributed by atoms with Gasteiger partial charge in [-0.25, -0.2) is 0 Å². The van der Waals surface area contributed by atoms with Crippen molar-refractivity contribution in [2.24, 2.45) is 7.05 Å². The number of carbonyl (C=O) groups is 1. The van der Waals surface area contributed by atoms with Crippen molar-refractivity contribution in [2.45, 2.75) is 6.42 Å². The van der Waals surface area contributed by atoms with Crippen LogP contribution >= 0.6 is 11.6 Å². The van der Waals surface area contributed by atoms with Crippen LogP contribution in [0.15, 0.2) is 54.9 Å². The summed E-state index contributed by atoms with van der Waals surface area (Å²) in [5, 5.41) is 5.05. The Bertz CT molecular complexity index is 859. The second kappa shape index (κ2) is 7.49. The van der Waals surface area contributed by atoms with Crippen molar-refractivity contribution in [3.8, 4) is 11.3 Å². The molecule has 0 saturated heterocycles. The van der Waals surface area contributed by atoms with Gasteiger partial charge in [-0.3, -0.25) is 14.5 Å². The molecule has 3 aromatic rings. The second-order valence-electron chi connectivity index (χ2n) is 5.88. The Morgan fingerprint density at radius 2 is 1.84 bits per heavy atom. The molecule has 0 fully saturated rings. The molecule has 0 aliphatic heterocycles. The summed E-state index contributed by atoms with van der Waals surface area (Å²) in [7, 11) is 3.62. The third kappa shape index (κ3) is 4.06. The van der Waals surface area contributed by atoms with Crippen LogP contribution in [0.3, 0.4) is 0 Å². The number of halogens is 1. The number of carbonyl (C=O) groups excluding carboxylic acids is 1. The summed E-state index contributed by atoms with van der Waals surface area (Å²) >= 11 is 5.93. The lowest BCUT2D eigenvalue weighted by Gasteiger charge is -2.15. The third-order valence-corrected chi connectivity index (χ3v) is 4.32. The Labute approximate surface area is 151 Å². The van der Waals surface area contributed by atoms with Crippen LogP contribution in [0.4, 0.5) is 0 Å². The van der Waals surface area contributed by atoms with Gasteiger partial charge in [0, 0.05) is 38.1 Å². The smallest absolute Gasteiger partial charge is 0.274 e. The summed E-state index contributed by atoms with van der Waals surface area (Å²) in [5.74, 6) is -0.0927. The predicted molar refractivity (Wildman–Crippen MR) is 98.6 cm³/mol. The summed E-state index contributed by atoms with van der Waals surface area (Å²) in [5.41, 5.74) is 3.43. The number of rotatable bonds is 5. The summed E-state index contributed by atoms with van der Waals surface area (Å²) in [4.78, 5) is 18.3. The van der Waals surface area contributed by atoms with Crippen LogP contribution < -0.4 is 0 Å². The van der Waals surface area contributed by atoms with Gasteiger partial charge in [0.25, 0.3) is 5.91 Å². The van der Waals surface area contributed by atoms with Gasteiger partial charge in [-0.1, -0.05) is 23.7 Å². The van der Waals surface area contributed by atoms with E-state index in [1.807, 2.05) is 49.5 Å².